The molecule has 1 aromatic rings. The van der Waals surface area contributed by atoms with E-state index in [1.807, 2.05) is 0 Å². The molecule has 4 bridgehead atoms. The van der Waals surface area contributed by atoms with Crippen molar-refractivity contribution >= 4 is 0 Å². The molecule has 0 amide bonds. The van der Waals surface area contributed by atoms with Gasteiger partial charge in [-0.3, -0.25) is 9.80 Å². The van der Waals surface area contributed by atoms with Gasteiger partial charge in [0.15, 0.2) is 0 Å². The van der Waals surface area contributed by atoms with Gasteiger partial charge in [-0.15, -0.1) is 0 Å². The van der Waals surface area contributed by atoms with Crippen LogP contribution in [0.5, 0.6) is 5.75 Å². The number of nitrogens with zero attached hydrogens (tertiary/aromatic N) is 2. The van der Waals surface area contributed by atoms with Crippen LogP contribution in [0.2, 0.25) is 0 Å². The predicted molar refractivity (Wildman–Crippen MR) is 101 cm³/mol. The summed E-state index contributed by atoms with van der Waals surface area (Å²) in [4.78, 5) is 5.50. The van der Waals surface area contributed by atoms with Crippen molar-refractivity contribution in [2.45, 2.75) is 44.7 Å². The monoisotopic (exact) mass is 340 g/mol. The van der Waals surface area contributed by atoms with Gasteiger partial charge in [-0.05, 0) is 61.8 Å². The Morgan fingerprint density at radius 3 is 2.16 bits per heavy atom. The van der Waals surface area contributed by atoms with E-state index in [0.29, 0.717) is 0 Å². The molecular formula is C22H32N2O. The second-order valence-corrected chi connectivity index (χ2v) is 9.05. The van der Waals surface area contributed by atoms with Crippen LogP contribution in [0.1, 0.15) is 37.7 Å². The molecule has 5 aliphatic rings. The molecule has 5 fully saturated rings. The smallest absolute Gasteiger partial charge is 0.123 e. The molecule has 1 aliphatic heterocycles. The Hall–Kier alpha value is -1.06. The van der Waals surface area contributed by atoms with Crippen molar-refractivity contribution in [3.05, 3.63) is 29.8 Å². The minimum atomic E-state index is 0.918. The molecular weight excluding hydrogens is 308 g/mol. The van der Waals surface area contributed by atoms with E-state index in [1.165, 1.54) is 31.7 Å². The second-order valence-electron chi connectivity index (χ2n) is 9.05. The Balaban J connectivity index is 1.20. The van der Waals surface area contributed by atoms with E-state index in [1.54, 1.807) is 39.2 Å². The van der Waals surface area contributed by atoms with Gasteiger partial charge < -0.3 is 4.74 Å². The van der Waals surface area contributed by atoms with Crippen LogP contribution in [0.3, 0.4) is 0 Å². The molecule has 0 atom stereocenters. The van der Waals surface area contributed by atoms with Crippen molar-refractivity contribution in [2.75, 3.05) is 33.3 Å². The zero-order valence-electron chi connectivity index (χ0n) is 15.6. The Morgan fingerprint density at radius 2 is 1.52 bits per heavy atom. The maximum atomic E-state index is 5.53. The number of rotatable bonds is 4. The molecule has 0 N–H and O–H groups in total. The molecule has 1 aromatic carbocycles. The topological polar surface area (TPSA) is 15.7 Å². The molecule has 0 spiro atoms. The number of para-hydroxylation sites is 1. The third-order valence-corrected chi connectivity index (χ3v) is 7.59. The summed E-state index contributed by atoms with van der Waals surface area (Å²) in [5.74, 6) is 5.26. The lowest BCUT2D eigenvalue weighted by Gasteiger charge is -2.58. The highest BCUT2D eigenvalue weighted by Crippen LogP contribution is 2.55. The summed E-state index contributed by atoms with van der Waals surface area (Å²) in [6, 6.07) is 9.40. The largest absolute Gasteiger partial charge is 0.496 e. The molecule has 3 heteroatoms. The average Bonchev–Trinajstić information content (AvgIpc) is 2.63. The van der Waals surface area contributed by atoms with E-state index < -0.39 is 0 Å². The van der Waals surface area contributed by atoms with Crippen molar-refractivity contribution in [1.82, 2.24) is 9.80 Å². The lowest BCUT2D eigenvalue weighted by atomic mass is 9.54. The van der Waals surface area contributed by atoms with Crippen molar-refractivity contribution < 1.29 is 4.74 Å². The highest BCUT2D eigenvalue weighted by Gasteiger charge is 2.50. The number of hydrogen-bond donors (Lipinski definition) is 0. The zero-order chi connectivity index (χ0) is 16.8. The predicted octanol–water partition coefficient (Wildman–Crippen LogP) is 3.64. The third kappa shape index (κ3) is 3.00. The maximum Gasteiger partial charge on any atom is 0.123 e. The van der Waals surface area contributed by atoms with Crippen LogP contribution in [0.4, 0.5) is 0 Å². The van der Waals surface area contributed by atoms with Gasteiger partial charge in [0, 0.05) is 44.3 Å². The fourth-order valence-corrected chi connectivity index (χ4v) is 6.79. The summed E-state index contributed by atoms with van der Waals surface area (Å²) in [5, 5.41) is 0. The molecule has 0 radical (unpaired) electrons. The normalized spacial score (nSPS) is 38.2. The van der Waals surface area contributed by atoms with Gasteiger partial charge in [-0.1, -0.05) is 18.2 Å². The average molecular weight is 341 g/mol. The van der Waals surface area contributed by atoms with Gasteiger partial charge in [-0.25, -0.2) is 0 Å². The van der Waals surface area contributed by atoms with E-state index in [2.05, 4.69) is 34.1 Å². The minimum absolute atomic E-state index is 0.918. The summed E-state index contributed by atoms with van der Waals surface area (Å²) in [6.45, 7) is 5.98. The fraction of sp³-hybridized carbons (Fsp3) is 0.727. The van der Waals surface area contributed by atoms with E-state index in [0.717, 1.165) is 42.0 Å². The lowest BCUT2D eigenvalue weighted by molar-refractivity contribution is -0.0769. The fourth-order valence-electron chi connectivity index (χ4n) is 6.79. The summed E-state index contributed by atoms with van der Waals surface area (Å²) in [7, 11) is 1.78. The first-order valence-electron chi connectivity index (χ1n) is 10.4. The third-order valence-electron chi connectivity index (χ3n) is 7.59. The zero-order valence-corrected chi connectivity index (χ0v) is 15.6. The Morgan fingerprint density at radius 1 is 0.880 bits per heavy atom. The standard InChI is InChI=1S/C22H32N2O/c1-25-21-5-3-2-4-18(21)15-23-6-8-24(9-7-23)22-19-11-16-10-17(13-19)14-20(22)12-16/h2-5,16-17,19-20,22H,6-15H2,1H3. The number of piperazine rings is 1. The molecule has 136 valence electrons. The van der Waals surface area contributed by atoms with E-state index in [-0.39, 0.29) is 0 Å². The molecule has 3 nitrogen and oxygen atoms in total. The van der Waals surface area contributed by atoms with Crippen molar-refractivity contribution in [2.24, 2.45) is 23.7 Å². The second kappa shape index (κ2) is 6.59. The van der Waals surface area contributed by atoms with Crippen LogP contribution in [0, 0.1) is 23.7 Å². The van der Waals surface area contributed by atoms with Crippen LogP contribution in [0.15, 0.2) is 24.3 Å². The first-order valence-corrected chi connectivity index (χ1v) is 10.4. The van der Waals surface area contributed by atoms with Gasteiger partial charge in [-0.2, -0.15) is 0 Å². The molecule has 4 saturated carbocycles. The van der Waals surface area contributed by atoms with E-state index in [9.17, 15) is 0 Å². The van der Waals surface area contributed by atoms with Crippen LogP contribution in [-0.4, -0.2) is 49.1 Å². The highest BCUT2D eigenvalue weighted by molar-refractivity contribution is 5.33. The van der Waals surface area contributed by atoms with Gasteiger partial charge in [0.25, 0.3) is 0 Å². The first-order chi connectivity index (χ1) is 12.3. The lowest BCUT2D eigenvalue weighted by Crippen LogP contribution is -2.60. The Bertz CT molecular complexity index is 580. The van der Waals surface area contributed by atoms with Crippen LogP contribution in [-0.2, 0) is 6.54 Å². The Kier molecular flexibility index (Phi) is 4.25. The summed E-state index contributed by atoms with van der Waals surface area (Å²) in [5.41, 5.74) is 1.33. The number of hydrogen-bond acceptors (Lipinski definition) is 3. The SMILES string of the molecule is COc1ccccc1CN1CCN(C2C3CC4CC(C3)CC2C4)CC1. The molecule has 6 rings (SSSR count). The number of ether oxygens (including phenoxy) is 1. The summed E-state index contributed by atoms with van der Waals surface area (Å²) >= 11 is 0. The minimum Gasteiger partial charge on any atom is -0.496 e. The number of benzene rings is 1. The van der Waals surface area contributed by atoms with Gasteiger partial charge in [0.05, 0.1) is 7.11 Å². The molecule has 0 unspecified atom stereocenters. The number of methoxy groups -OCH3 is 1. The van der Waals surface area contributed by atoms with Crippen LogP contribution < -0.4 is 4.74 Å². The summed E-state index contributed by atoms with van der Waals surface area (Å²) < 4.78 is 5.53. The Labute approximate surface area is 152 Å². The molecule has 1 heterocycles. The molecule has 0 aromatic heterocycles. The molecule has 25 heavy (non-hydrogen) atoms. The first kappa shape index (κ1) is 16.1. The van der Waals surface area contributed by atoms with Gasteiger partial charge in [0.2, 0.25) is 0 Å². The van der Waals surface area contributed by atoms with Crippen LogP contribution >= 0.6 is 0 Å². The quantitative estimate of drug-likeness (QED) is 0.832. The van der Waals surface area contributed by atoms with Gasteiger partial charge >= 0.3 is 0 Å². The van der Waals surface area contributed by atoms with Crippen LogP contribution in [0.25, 0.3) is 0 Å². The van der Waals surface area contributed by atoms with E-state index in [4.69, 9.17) is 4.74 Å². The van der Waals surface area contributed by atoms with Crippen molar-refractivity contribution in [3.63, 3.8) is 0 Å². The summed E-state index contributed by atoms with van der Waals surface area (Å²) in [6.07, 6.45) is 7.72. The van der Waals surface area contributed by atoms with Gasteiger partial charge in [0.1, 0.15) is 5.75 Å². The van der Waals surface area contributed by atoms with Crippen molar-refractivity contribution in [3.8, 4) is 5.75 Å². The van der Waals surface area contributed by atoms with E-state index >= 15 is 0 Å². The highest BCUT2D eigenvalue weighted by atomic mass is 16.5. The van der Waals surface area contributed by atoms with Crippen molar-refractivity contribution in [1.29, 1.82) is 0 Å². The molecule has 4 aliphatic carbocycles. The molecule has 1 saturated heterocycles. The maximum absolute atomic E-state index is 5.53.